The maximum atomic E-state index is 12.7. The third-order valence-electron chi connectivity index (χ3n) is 5.74. The molecule has 0 saturated heterocycles. The average molecular weight is 543 g/mol. The van der Waals surface area contributed by atoms with E-state index in [1.807, 2.05) is 55.5 Å². The topological polar surface area (TPSA) is 67.4 Å². The van der Waals surface area contributed by atoms with E-state index in [1.165, 1.54) is 5.56 Å². The van der Waals surface area contributed by atoms with Gasteiger partial charge in [0.05, 0.1) is 17.1 Å². The molecule has 2 amide bonds. The van der Waals surface area contributed by atoms with Crippen LogP contribution in [0.2, 0.25) is 0 Å². The Kier molecular flexibility index (Phi) is 8.53. The van der Waals surface area contributed by atoms with Crippen LogP contribution in [0.1, 0.15) is 44.8 Å². The van der Waals surface area contributed by atoms with Crippen molar-refractivity contribution in [1.82, 2.24) is 5.32 Å². The molecule has 4 rings (SSSR count). The summed E-state index contributed by atoms with van der Waals surface area (Å²) in [6.45, 7) is 2.48. The van der Waals surface area contributed by atoms with Crippen LogP contribution in [0.4, 0.5) is 5.69 Å². The van der Waals surface area contributed by atoms with Crippen molar-refractivity contribution in [1.29, 1.82) is 0 Å². The Labute approximate surface area is 219 Å². The summed E-state index contributed by atoms with van der Waals surface area (Å²) in [6, 6.07) is 31.9. The molecule has 2 N–H and O–H groups in total. The lowest BCUT2D eigenvalue weighted by Gasteiger charge is -2.14. The van der Waals surface area contributed by atoms with Gasteiger partial charge in [-0.1, -0.05) is 60.7 Å². The molecular weight excluding hydrogens is 516 g/mol. The molecule has 5 nitrogen and oxygen atoms in total. The van der Waals surface area contributed by atoms with E-state index in [0.29, 0.717) is 33.6 Å². The second-order valence-electron chi connectivity index (χ2n) is 8.37. The molecular formula is C30H27BrN2O3. The minimum Gasteiger partial charge on any atom is -0.492 e. The minimum atomic E-state index is -0.249. The molecule has 182 valence electrons. The van der Waals surface area contributed by atoms with Gasteiger partial charge >= 0.3 is 0 Å². The number of anilines is 1. The number of benzene rings is 4. The third-order valence-corrected chi connectivity index (χ3v) is 6.36. The van der Waals surface area contributed by atoms with E-state index in [2.05, 4.69) is 38.7 Å². The highest BCUT2D eigenvalue weighted by Crippen LogP contribution is 2.27. The predicted molar refractivity (Wildman–Crippen MR) is 147 cm³/mol. The standard InChI is InChI=1S/C30H27BrN2O3/c1-21(23-10-6-3-7-11-23)32-29(34)24-12-15-26(16-13-24)33-30(35)25-14-17-28(27(31)20-25)36-19-18-22-8-4-2-5-9-22/h2-17,20-21H,18-19H2,1H3,(H,32,34)(H,33,35). The summed E-state index contributed by atoms with van der Waals surface area (Å²) in [5, 5.41) is 5.86. The summed E-state index contributed by atoms with van der Waals surface area (Å²) >= 11 is 3.50. The van der Waals surface area contributed by atoms with Gasteiger partial charge in [0, 0.05) is 23.2 Å². The largest absolute Gasteiger partial charge is 0.492 e. The molecule has 0 radical (unpaired) electrons. The van der Waals surface area contributed by atoms with E-state index in [0.717, 1.165) is 12.0 Å². The van der Waals surface area contributed by atoms with Crippen LogP contribution in [0, 0.1) is 0 Å². The van der Waals surface area contributed by atoms with E-state index in [1.54, 1.807) is 42.5 Å². The molecule has 0 spiro atoms. The lowest BCUT2D eigenvalue weighted by atomic mass is 10.1. The van der Waals surface area contributed by atoms with Gasteiger partial charge < -0.3 is 15.4 Å². The molecule has 0 aliphatic rings. The molecule has 36 heavy (non-hydrogen) atoms. The quantitative estimate of drug-likeness (QED) is 0.244. The smallest absolute Gasteiger partial charge is 0.255 e. The normalized spacial score (nSPS) is 11.4. The number of carbonyl (C=O) groups is 2. The van der Waals surface area contributed by atoms with Crippen molar-refractivity contribution >= 4 is 33.4 Å². The monoisotopic (exact) mass is 542 g/mol. The summed E-state index contributed by atoms with van der Waals surface area (Å²) < 4.78 is 6.58. The van der Waals surface area contributed by atoms with Crippen molar-refractivity contribution in [2.24, 2.45) is 0 Å². The molecule has 0 heterocycles. The van der Waals surface area contributed by atoms with Crippen molar-refractivity contribution < 1.29 is 14.3 Å². The molecule has 1 unspecified atom stereocenters. The highest BCUT2D eigenvalue weighted by atomic mass is 79.9. The van der Waals surface area contributed by atoms with Gasteiger partial charge in [-0.15, -0.1) is 0 Å². The number of halogens is 1. The number of ether oxygens (including phenoxy) is 1. The molecule has 0 fully saturated rings. The van der Waals surface area contributed by atoms with Gasteiger partial charge in [-0.05, 0) is 76.4 Å². The van der Waals surface area contributed by atoms with Gasteiger partial charge in [-0.25, -0.2) is 0 Å². The van der Waals surface area contributed by atoms with Gasteiger partial charge in [0.1, 0.15) is 5.75 Å². The Bertz CT molecular complexity index is 1310. The summed E-state index contributed by atoms with van der Waals surface area (Å²) in [7, 11) is 0. The van der Waals surface area contributed by atoms with Crippen LogP contribution in [0.3, 0.4) is 0 Å². The number of nitrogens with one attached hydrogen (secondary N) is 2. The van der Waals surface area contributed by atoms with Crippen molar-refractivity contribution in [3.8, 4) is 5.75 Å². The average Bonchev–Trinajstić information content (AvgIpc) is 2.91. The second kappa shape index (κ2) is 12.2. The summed E-state index contributed by atoms with van der Waals surface area (Å²) in [5.41, 5.74) is 3.87. The third kappa shape index (κ3) is 6.83. The van der Waals surface area contributed by atoms with Gasteiger partial charge in [-0.3, -0.25) is 9.59 Å². The van der Waals surface area contributed by atoms with Crippen LogP contribution >= 0.6 is 15.9 Å². The molecule has 6 heteroatoms. The van der Waals surface area contributed by atoms with Crippen molar-refractivity contribution in [3.05, 3.63) is 130 Å². The first kappa shape index (κ1) is 25.2. The van der Waals surface area contributed by atoms with Gasteiger partial charge in [0.2, 0.25) is 0 Å². The van der Waals surface area contributed by atoms with Crippen LogP contribution in [-0.4, -0.2) is 18.4 Å². The molecule has 0 bridgehead atoms. The molecule has 0 aliphatic carbocycles. The Morgan fingerprint density at radius 1 is 0.806 bits per heavy atom. The fraction of sp³-hybridized carbons (Fsp3) is 0.133. The van der Waals surface area contributed by atoms with E-state index in [9.17, 15) is 9.59 Å². The van der Waals surface area contributed by atoms with Gasteiger partial charge in [-0.2, -0.15) is 0 Å². The van der Waals surface area contributed by atoms with Crippen LogP contribution < -0.4 is 15.4 Å². The molecule has 4 aromatic rings. The van der Waals surface area contributed by atoms with Crippen molar-refractivity contribution in [2.75, 3.05) is 11.9 Å². The summed E-state index contributed by atoms with van der Waals surface area (Å²) in [5.74, 6) is 0.264. The highest BCUT2D eigenvalue weighted by molar-refractivity contribution is 9.10. The number of hydrogen-bond acceptors (Lipinski definition) is 3. The molecule has 4 aromatic carbocycles. The maximum Gasteiger partial charge on any atom is 0.255 e. The minimum absolute atomic E-state index is 0.109. The van der Waals surface area contributed by atoms with Crippen molar-refractivity contribution in [2.45, 2.75) is 19.4 Å². The second-order valence-corrected chi connectivity index (χ2v) is 9.22. The van der Waals surface area contributed by atoms with Crippen molar-refractivity contribution in [3.63, 3.8) is 0 Å². The number of amides is 2. The van der Waals surface area contributed by atoms with Gasteiger partial charge in [0.15, 0.2) is 0 Å². The summed E-state index contributed by atoms with van der Waals surface area (Å²) in [4.78, 5) is 25.3. The fourth-order valence-electron chi connectivity index (χ4n) is 3.70. The van der Waals surface area contributed by atoms with E-state index < -0.39 is 0 Å². The first-order valence-corrected chi connectivity index (χ1v) is 12.5. The zero-order chi connectivity index (χ0) is 25.3. The Morgan fingerprint density at radius 2 is 1.44 bits per heavy atom. The van der Waals surface area contributed by atoms with Crippen LogP contribution in [0.15, 0.2) is 108 Å². The first-order valence-electron chi connectivity index (χ1n) is 11.7. The Balaban J connectivity index is 1.31. The number of carbonyl (C=O) groups excluding carboxylic acids is 2. The molecule has 0 aromatic heterocycles. The SMILES string of the molecule is CC(NC(=O)c1ccc(NC(=O)c2ccc(OCCc3ccccc3)c(Br)c2)cc1)c1ccccc1. The van der Waals surface area contributed by atoms with E-state index >= 15 is 0 Å². The zero-order valence-corrected chi connectivity index (χ0v) is 21.5. The summed E-state index contributed by atoms with van der Waals surface area (Å²) in [6.07, 6.45) is 0.800. The molecule has 0 aliphatic heterocycles. The fourth-order valence-corrected chi connectivity index (χ4v) is 4.19. The van der Waals surface area contributed by atoms with E-state index in [-0.39, 0.29) is 17.9 Å². The first-order chi connectivity index (χ1) is 17.5. The lowest BCUT2D eigenvalue weighted by Crippen LogP contribution is -2.26. The number of rotatable bonds is 9. The van der Waals surface area contributed by atoms with Crippen LogP contribution in [-0.2, 0) is 6.42 Å². The van der Waals surface area contributed by atoms with Crippen LogP contribution in [0.25, 0.3) is 0 Å². The van der Waals surface area contributed by atoms with Gasteiger partial charge in [0.25, 0.3) is 11.8 Å². The predicted octanol–water partition coefficient (Wildman–Crippen LogP) is 6.81. The molecule has 1 atom stereocenters. The molecule has 0 saturated carbocycles. The maximum absolute atomic E-state index is 12.7. The number of hydrogen-bond donors (Lipinski definition) is 2. The Hall–Kier alpha value is -3.90. The lowest BCUT2D eigenvalue weighted by molar-refractivity contribution is 0.0939. The van der Waals surface area contributed by atoms with E-state index in [4.69, 9.17) is 4.74 Å². The zero-order valence-electron chi connectivity index (χ0n) is 19.9. The highest BCUT2D eigenvalue weighted by Gasteiger charge is 2.13. The Morgan fingerprint density at radius 3 is 2.11 bits per heavy atom. The van der Waals surface area contributed by atoms with Crippen LogP contribution in [0.5, 0.6) is 5.75 Å².